The van der Waals surface area contributed by atoms with Gasteiger partial charge in [0.25, 0.3) is 0 Å². The van der Waals surface area contributed by atoms with Crippen molar-refractivity contribution in [3.05, 3.63) is 89.9 Å². The Morgan fingerprint density at radius 2 is 1.94 bits per heavy atom. The molecule has 8 nitrogen and oxygen atoms in total. The first-order chi connectivity index (χ1) is 17.0. The monoisotopic (exact) mass is 473 g/mol. The molecule has 2 N–H and O–H groups in total. The second kappa shape index (κ2) is 9.46. The molecule has 1 atom stereocenters. The van der Waals surface area contributed by atoms with E-state index in [1.807, 2.05) is 30.3 Å². The molecule has 1 aliphatic heterocycles. The first-order valence-electron chi connectivity index (χ1n) is 11.2. The minimum atomic E-state index is -0.614. The summed E-state index contributed by atoms with van der Waals surface area (Å²) in [7, 11) is 1.28. The van der Waals surface area contributed by atoms with E-state index in [1.54, 1.807) is 30.3 Å². The highest BCUT2D eigenvalue weighted by molar-refractivity contribution is 6.02. The molecule has 2 heterocycles. The maximum Gasteiger partial charge on any atom is 0.434 e. The Labute approximate surface area is 201 Å². The lowest BCUT2D eigenvalue weighted by Crippen LogP contribution is -2.49. The van der Waals surface area contributed by atoms with Gasteiger partial charge in [-0.3, -0.25) is 0 Å². The summed E-state index contributed by atoms with van der Waals surface area (Å²) in [5, 5.41) is 10.6. The number of hydrogen-bond donors (Lipinski definition) is 2. The Morgan fingerprint density at radius 1 is 1.11 bits per heavy atom. The molecule has 0 saturated carbocycles. The number of carbonyl (C=O) groups is 2. The third-order valence-electron chi connectivity index (χ3n) is 6.06. The van der Waals surface area contributed by atoms with Crippen LogP contribution in [0.1, 0.15) is 11.1 Å². The first-order valence-corrected chi connectivity index (χ1v) is 11.2. The van der Waals surface area contributed by atoms with Crippen LogP contribution in [0.15, 0.2) is 72.9 Å². The molecule has 178 valence electrons. The van der Waals surface area contributed by atoms with Crippen LogP contribution in [0.3, 0.4) is 0 Å². The fourth-order valence-electron chi connectivity index (χ4n) is 4.48. The number of halogens is 1. The van der Waals surface area contributed by atoms with Crippen LogP contribution >= 0.6 is 0 Å². The van der Waals surface area contributed by atoms with Gasteiger partial charge in [0.2, 0.25) is 0 Å². The second-order valence-electron chi connectivity index (χ2n) is 8.40. The van der Waals surface area contributed by atoms with Crippen LogP contribution in [-0.4, -0.2) is 41.6 Å². The quantitative estimate of drug-likeness (QED) is 0.454. The predicted octanol–water partition coefficient (Wildman–Crippen LogP) is 4.54. The molecule has 9 heteroatoms. The Morgan fingerprint density at radius 3 is 2.74 bits per heavy atom. The topological polar surface area (TPSA) is 88.5 Å². The third kappa shape index (κ3) is 4.65. The van der Waals surface area contributed by atoms with Crippen LogP contribution in [0.25, 0.3) is 10.9 Å². The minimum absolute atomic E-state index is 0.186. The Kier molecular flexibility index (Phi) is 6.05. The van der Waals surface area contributed by atoms with Crippen molar-refractivity contribution >= 4 is 34.4 Å². The SMILES string of the molecule is COC(=O)n1ncc2c(NC(=O)NC3Cc4ccc(F)cc4N(Cc4ccccc4)C3)cccc21. The van der Waals surface area contributed by atoms with E-state index in [2.05, 4.69) is 20.6 Å². The number of rotatable bonds is 4. The molecule has 0 spiro atoms. The summed E-state index contributed by atoms with van der Waals surface area (Å²) in [6.45, 7) is 1.13. The van der Waals surface area contributed by atoms with Gasteiger partial charge in [-0.1, -0.05) is 42.5 Å². The summed E-state index contributed by atoms with van der Waals surface area (Å²) in [6, 6.07) is 19.3. The molecule has 3 aromatic carbocycles. The van der Waals surface area contributed by atoms with Gasteiger partial charge in [-0.25, -0.2) is 14.0 Å². The van der Waals surface area contributed by atoms with E-state index in [-0.39, 0.29) is 17.9 Å². The van der Waals surface area contributed by atoms with Gasteiger partial charge >= 0.3 is 12.1 Å². The number of anilines is 2. The van der Waals surface area contributed by atoms with Crippen molar-refractivity contribution in [3.63, 3.8) is 0 Å². The summed E-state index contributed by atoms with van der Waals surface area (Å²) in [5.41, 5.74) is 3.96. The summed E-state index contributed by atoms with van der Waals surface area (Å²) in [5.74, 6) is -0.286. The predicted molar refractivity (Wildman–Crippen MR) is 131 cm³/mol. The van der Waals surface area contributed by atoms with E-state index in [1.165, 1.54) is 19.4 Å². The summed E-state index contributed by atoms with van der Waals surface area (Å²) >= 11 is 0. The van der Waals surface area contributed by atoms with Crippen LogP contribution in [-0.2, 0) is 17.7 Å². The number of methoxy groups -OCH3 is 1. The lowest BCUT2D eigenvalue weighted by molar-refractivity contribution is 0.170. The van der Waals surface area contributed by atoms with Gasteiger partial charge in [0.1, 0.15) is 5.82 Å². The summed E-state index contributed by atoms with van der Waals surface area (Å²) in [4.78, 5) is 26.9. The van der Waals surface area contributed by atoms with Gasteiger partial charge < -0.3 is 20.3 Å². The molecular weight excluding hydrogens is 449 g/mol. The lowest BCUT2D eigenvalue weighted by atomic mass is 9.97. The maximum atomic E-state index is 14.0. The molecule has 0 bridgehead atoms. The maximum absolute atomic E-state index is 14.0. The Bertz CT molecular complexity index is 1390. The number of carbonyl (C=O) groups excluding carboxylic acids is 2. The smallest absolute Gasteiger partial charge is 0.434 e. The number of nitrogens with one attached hydrogen (secondary N) is 2. The average Bonchev–Trinajstić information content (AvgIpc) is 3.30. The zero-order valence-corrected chi connectivity index (χ0v) is 19.1. The Hall–Kier alpha value is -4.40. The fourth-order valence-corrected chi connectivity index (χ4v) is 4.48. The molecule has 0 saturated heterocycles. The highest BCUT2D eigenvalue weighted by Crippen LogP contribution is 2.30. The molecule has 5 rings (SSSR count). The van der Waals surface area contributed by atoms with Gasteiger partial charge in [0, 0.05) is 24.2 Å². The van der Waals surface area contributed by atoms with Gasteiger partial charge in [-0.2, -0.15) is 9.78 Å². The van der Waals surface area contributed by atoms with Gasteiger partial charge in [0.15, 0.2) is 0 Å². The number of benzene rings is 3. The standard InChI is InChI=1S/C26H24FN5O3/c1-35-26(34)32-23-9-5-8-22(21(23)14-28-32)30-25(33)29-20-12-18-10-11-19(27)13-24(18)31(16-20)15-17-6-3-2-4-7-17/h2-11,13-14,20H,12,15-16H2,1H3,(H2,29,30,33). The number of fused-ring (bicyclic) bond motifs is 2. The van der Waals surface area contributed by atoms with Gasteiger partial charge in [0.05, 0.1) is 30.6 Å². The van der Waals surface area contributed by atoms with Crippen molar-refractivity contribution in [1.29, 1.82) is 0 Å². The number of nitrogens with zero attached hydrogens (tertiary/aromatic N) is 3. The molecular formula is C26H24FN5O3. The normalized spacial score (nSPS) is 14.9. The second-order valence-corrected chi connectivity index (χ2v) is 8.40. The van der Waals surface area contributed by atoms with Crippen LogP contribution in [0.5, 0.6) is 0 Å². The van der Waals surface area contributed by atoms with E-state index in [0.717, 1.165) is 21.5 Å². The number of aromatic nitrogens is 2. The minimum Gasteiger partial charge on any atom is -0.451 e. The fraction of sp³-hybridized carbons (Fsp3) is 0.192. The van der Waals surface area contributed by atoms with E-state index >= 15 is 0 Å². The van der Waals surface area contributed by atoms with E-state index in [9.17, 15) is 14.0 Å². The van der Waals surface area contributed by atoms with Crippen molar-refractivity contribution in [2.24, 2.45) is 0 Å². The first kappa shape index (κ1) is 22.4. The highest BCUT2D eigenvalue weighted by atomic mass is 19.1. The average molecular weight is 474 g/mol. The van der Waals surface area contributed by atoms with Crippen LogP contribution in [0.2, 0.25) is 0 Å². The third-order valence-corrected chi connectivity index (χ3v) is 6.06. The number of hydrogen-bond acceptors (Lipinski definition) is 5. The molecule has 35 heavy (non-hydrogen) atoms. The van der Waals surface area contributed by atoms with Gasteiger partial charge in [-0.05, 0) is 41.8 Å². The molecule has 1 aromatic heterocycles. The van der Waals surface area contributed by atoms with Crippen molar-refractivity contribution in [2.45, 2.75) is 19.0 Å². The largest absolute Gasteiger partial charge is 0.451 e. The van der Waals surface area contributed by atoms with Crippen LogP contribution in [0, 0.1) is 5.82 Å². The molecule has 4 aromatic rings. The van der Waals surface area contributed by atoms with E-state index in [4.69, 9.17) is 4.74 Å². The van der Waals surface area contributed by atoms with Crippen molar-refractivity contribution in [1.82, 2.24) is 15.1 Å². The zero-order chi connectivity index (χ0) is 24.4. The number of amides is 2. The van der Waals surface area contributed by atoms with Crippen molar-refractivity contribution in [2.75, 3.05) is 23.9 Å². The van der Waals surface area contributed by atoms with Crippen LogP contribution < -0.4 is 15.5 Å². The van der Waals surface area contributed by atoms with Crippen molar-refractivity contribution < 1.29 is 18.7 Å². The Balaban J connectivity index is 1.34. The highest BCUT2D eigenvalue weighted by Gasteiger charge is 2.26. The molecule has 0 aliphatic carbocycles. The number of ether oxygens (including phenoxy) is 1. The molecule has 1 unspecified atom stereocenters. The molecule has 0 fully saturated rings. The lowest BCUT2D eigenvalue weighted by Gasteiger charge is -2.36. The molecule has 1 aliphatic rings. The van der Waals surface area contributed by atoms with Crippen molar-refractivity contribution in [3.8, 4) is 0 Å². The zero-order valence-electron chi connectivity index (χ0n) is 19.1. The van der Waals surface area contributed by atoms with E-state index < -0.39 is 6.09 Å². The molecule has 0 radical (unpaired) electrons. The summed E-state index contributed by atoms with van der Waals surface area (Å²) in [6.07, 6.45) is 1.48. The summed E-state index contributed by atoms with van der Waals surface area (Å²) < 4.78 is 19.9. The molecule has 2 amide bonds. The number of urea groups is 1. The van der Waals surface area contributed by atoms with Crippen LogP contribution in [0.4, 0.5) is 25.4 Å². The van der Waals surface area contributed by atoms with E-state index in [0.29, 0.717) is 36.1 Å². The van der Waals surface area contributed by atoms with Gasteiger partial charge in [-0.15, -0.1) is 0 Å².